The van der Waals surface area contributed by atoms with Crippen molar-refractivity contribution in [2.75, 3.05) is 0 Å². The van der Waals surface area contributed by atoms with Crippen LogP contribution in [0, 0.1) is 0 Å². The predicted molar refractivity (Wildman–Crippen MR) is 35.7 cm³/mol. The molecule has 1 aliphatic carbocycles. The molecule has 1 aliphatic rings. The van der Waals surface area contributed by atoms with Gasteiger partial charge in [0.05, 0.1) is 18.2 Å². The molecule has 0 aromatic carbocycles. The smallest absolute Gasteiger partial charge is 0.125 e. The van der Waals surface area contributed by atoms with E-state index in [0.29, 0.717) is 0 Å². The third-order valence-electron chi connectivity index (χ3n) is 1.84. The minimum absolute atomic E-state index is 0.451. The lowest BCUT2D eigenvalue weighted by Crippen LogP contribution is -2.52. The first kappa shape index (κ1) is 9.18. The van der Waals surface area contributed by atoms with Crippen molar-refractivity contribution in [2.45, 2.75) is 24.2 Å². The first-order valence-electron chi connectivity index (χ1n) is 3.45. The molecule has 3 atom stereocenters. The fourth-order valence-corrected chi connectivity index (χ4v) is 1.05. The number of carbonyl (C=O) groups excluding carboxylic acids is 1. The van der Waals surface area contributed by atoms with Gasteiger partial charge in [-0.15, -0.1) is 0 Å². The van der Waals surface area contributed by atoms with E-state index in [2.05, 4.69) is 0 Å². The zero-order chi connectivity index (χ0) is 9.35. The van der Waals surface area contributed by atoms with E-state index in [-0.39, 0.29) is 0 Å². The van der Waals surface area contributed by atoms with Gasteiger partial charge in [0.15, 0.2) is 0 Å². The van der Waals surface area contributed by atoms with Crippen LogP contribution in [0.15, 0.2) is 12.2 Å². The summed E-state index contributed by atoms with van der Waals surface area (Å²) in [6.07, 6.45) is -0.890. The van der Waals surface area contributed by atoms with Gasteiger partial charge in [-0.05, 0) is 6.08 Å². The maximum absolute atomic E-state index is 10.3. The lowest BCUT2D eigenvalue weighted by Gasteiger charge is -2.33. The maximum Gasteiger partial charge on any atom is 0.125 e. The van der Waals surface area contributed by atoms with Gasteiger partial charge in [-0.25, -0.2) is 0 Å². The van der Waals surface area contributed by atoms with Gasteiger partial charge < -0.3 is 25.2 Å². The predicted octanol–water partition coefficient (Wildman–Crippen LogP) is -2.85. The number of hydrogen-bond acceptors (Lipinski definition) is 5. The molecule has 0 bridgehead atoms. The molecular formula is C7H9O5-. The van der Waals surface area contributed by atoms with Crippen LogP contribution in [0.1, 0.15) is 6.42 Å². The van der Waals surface area contributed by atoms with Gasteiger partial charge in [0.2, 0.25) is 0 Å². The highest BCUT2D eigenvalue weighted by atomic mass is 16.4. The molecule has 1 rings (SSSR count). The van der Waals surface area contributed by atoms with E-state index < -0.39 is 30.2 Å². The van der Waals surface area contributed by atoms with Crippen LogP contribution in [0.3, 0.4) is 0 Å². The van der Waals surface area contributed by atoms with Crippen molar-refractivity contribution in [1.29, 1.82) is 0 Å². The van der Waals surface area contributed by atoms with Crippen molar-refractivity contribution in [1.82, 2.24) is 0 Å². The second-order valence-electron chi connectivity index (χ2n) is 2.83. The number of carboxylic acids is 1. The highest BCUT2D eigenvalue weighted by molar-refractivity contribution is 5.78. The van der Waals surface area contributed by atoms with Crippen LogP contribution in [0.2, 0.25) is 0 Å². The highest BCUT2D eigenvalue weighted by Crippen LogP contribution is 2.21. The van der Waals surface area contributed by atoms with E-state index in [1.807, 2.05) is 0 Å². The summed E-state index contributed by atoms with van der Waals surface area (Å²) in [6.45, 7) is 0. The topological polar surface area (TPSA) is 101 Å². The standard InChI is InChI=1S/C7H10O5/c8-4-1-2-7(12,6(10)11)3-5(4)9/h1-2,4-5,8-9,12H,3H2,(H,10,11)/p-1/t4-,5-,7+/m1/s1. The molecule has 0 saturated heterocycles. The summed E-state index contributed by atoms with van der Waals surface area (Å²) in [5, 5.41) is 37.5. The van der Waals surface area contributed by atoms with E-state index in [1.54, 1.807) is 0 Å². The van der Waals surface area contributed by atoms with E-state index >= 15 is 0 Å². The van der Waals surface area contributed by atoms with Crippen molar-refractivity contribution in [3.63, 3.8) is 0 Å². The Kier molecular flexibility index (Phi) is 2.18. The Morgan fingerprint density at radius 2 is 2.17 bits per heavy atom. The Balaban J connectivity index is 2.85. The first-order chi connectivity index (χ1) is 5.46. The minimum atomic E-state index is -2.15. The van der Waals surface area contributed by atoms with E-state index in [1.165, 1.54) is 0 Å². The molecule has 0 amide bonds. The van der Waals surface area contributed by atoms with Crippen LogP contribution in [-0.2, 0) is 4.79 Å². The van der Waals surface area contributed by atoms with Crippen LogP contribution in [-0.4, -0.2) is 39.1 Å². The van der Waals surface area contributed by atoms with Crippen molar-refractivity contribution in [3.05, 3.63) is 12.2 Å². The van der Waals surface area contributed by atoms with E-state index in [0.717, 1.165) is 12.2 Å². The van der Waals surface area contributed by atoms with Gasteiger partial charge >= 0.3 is 0 Å². The molecule has 5 nitrogen and oxygen atoms in total. The SMILES string of the molecule is O=C([O-])[C@]1(O)C=C[C@@H](O)[C@H](O)C1. The summed E-state index contributed by atoms with van der Waals surface area (Å²) >= 11 is 0. The summed E-state index contributed by atoms with van der Waals surface area (Å²) < 4.78 is 0. The molecule has 68 valence electrons. The molecule has 0 fully saturated rings. The third kappa shape index (κ3) is 1.47. The third-order valence-corrected chi connectivity index (χ3v) is 1.84. The minimum Gasteiger partial charge on any atom is -0.547 e. The monoisotopic (exact) mass is 173 g/mol. The average Bonchev–Trinajstić information content (AvgIpc) is 1.97. The molecule has 0 aromatic heterocycles. The van der Waals surface area contributed by atoms with Gasteiger partial charge in [-0.2, -0.15) is 0 Å². The fourth-order valence-electron chi connectivity index (χ4n) is 1.05. The quantitative estimate of drug-likeness (QED) is 0.370. The number of aliphatic hydroxyl groups is 3. The lowest BCUT2D eigenvalue weighted by molar-refractivity contribution is -0.323. The number of rotatable bonds is 1. The first-order valence-corrected chi connectivity index (χ1v) is 3.45. The van der Waals surface area contributed by atoms with Crippen molar-refractivity contribution < 1.29 is 25.2 Å². The molecule has 0 saturated carbocycles. The Hall–Kier alpha value is -0.910. The number of carboxylic acid groups (broad SMARTS) is 1. The highest BCUT2D eigenvalue weighted by Gasteiger charge is 2.34. The van der Waals surface area contributed by atoms with Gasteiger partial charge in [0.1, 0.15) is 5.60 Å². The van der Waals surface area contributed by atoms with Gasteiger partial charge in [-0.3, -0.25) is 0 Å². The van der Waals surface area contributed by atoms with E-state index in [4.69, 9.17) is 10.2 Å². The van der Waals surface area contributed by atoms with Crippen molar-refractivity contribution in [3.8, 4) is 0 Å². The van der Waals surface area contributed by atoms with Crippen LogP contribution in [0.5, 0.6) is 0 Å². The maximum atomic E-state index is 10.3. The molecule has 5 heteroatoms. The Morgan fingerprint density at radius 1 is 1.58 bits per heavy atom. The number of carbonyl (C=O) groups is 1. The Morgan fingerprint density at radius 3 is 2.58 bits per heavy atom. The summed E-state index contributed by atoms with van der Waals surface area (Å²) in [6, 6.07) is 0. The molecular weight excluding hydrogens is 164 g/mol. The lowest BCUT2D eigenvalue weighted by atomic mass is 9.88. The molecule has 0 heterocycles. The average molecular weight is 173 g/mol. The van der Waals surface area contributed by atoms with Crippen LogP contribution < -0.4 is 5.11 Å². The van der Waals surface area contributed by atoms with Gasteiger partial charge in [-0.1, -0.05) is 6.08 Å². The molecule has 0 spiro atoms. The normalized spacial score (nSPS) is 41.2. The molecule has 0 radical (unpaired) electrons. The largest absolute Gasteiger partial charge is 0.547 e. The zero-order valence-electron chi connectivity index (χ0n) is 6.17. The summed E-state index contributed by atoms with van der Waals surface area (Å²) in [5.41, 5.74) is -2.15. The molecule has 0 aromatic rings. The summed E-state index contributed by atoms with van der Waals surface area (Å²) in [7, 11) is 0. The van der Waals surface area contributed by atoms with Gasteiger partial charge in [0, 0.05) is 6.42 Å². The second kappa shape index (κ2) is 2.85. The second-order valence-corrected chi connectivity index (χ2v) is 2.83. The molecule has 0 unspecified atom stereocenters. The summed E-state index contributed by atoms with van der Waals surface area (Å²) in [5.74, 6) is -1.68. The van der Waals surface area contributed by atoms with Crippen LogP contribution in [0.4, 0.5) is 0 Å². The molecule has 3 N–H and O–H groups in total. The number of hydrogen-bond donors (Lipinski definition) is 3. The fraction of sp³-hybridized carbons (Fsp3) is 0.571. The summed E-state index contributed by atoms with van der Waals surface area (Å²) in [4.78, 5) is 10.3. The van der Waals surface area contributed by atoms with Crippen molar-refractivity contribution in [2.24, 2.45) is 0 Å². The Labute approximate surface area is 68.6 Å². The van der Waals surface area contributed by atoms with Crippen LogP contribution >= 0.6 is 0 Å². The number of aliphatic carboxylic acids is 1. The number of aliphatic hydroxyl groups excluding tert-OH is 2. The Bertz CT molecular complexity index is 224. The van der Waals surface area contributed by atoms with E-state index in [9.17, 15) is 15.0 Å². The molecule has 0 aliphatic heterocycles. The zero-order valence-corrected chi connectivity index (χ0v) is 6.17. The molecule has 12 heavy (non-hydrogen) atoms. The van der Waals surface area contributed by atoms with Crippen molar-refractivity contribution >= 4 is 5.97 Å². The van der Waals surface area contributed by atoms with Gasteiger partial charge in [0.25, 0.3) is 0 Å². The van der Waals surface area contributed by atoms with Crippen LogP contribution in [0.25, 0.3) is 0 Å².